The van der Waals surface area contributed by atoms with E-state index >= 15 is 0 Å². The van der Waals surface area contributed by atoms with Crippen LogP contribution in [0.3, 0.4) is 0 Å². The fourth-order valence-electron chi connectivity index (χ4n) is 4.67. The lowest BCUT2D eigenvalue weighted by Crippen LogP contribution is -2.49. The second kappa shape index (κ2) is 11.8. The van der Waals surface area contributed by atoms with Crippen LogP contribution in [0.25, 0.3) is 0 Å². The molecule has 1 saturated heterocycles. The molecular formula is C28H39NO6S. The summed E-state index contributed by atoms with van der Waals surface area (Å²) in [6.07, 6.45) is 1.45. The lowest BCUT2D eigenvalue weighted by atomic mass is 9.93. The molecular weight excluding hydrogens is 478 g/mol. The average Bonchev–Trinajstić information content (AvgIpc) is 2.80. The van der Waals surface area contributed by atoms with Crippen LogP contribution in [0.1, 0.15) is 59.8 Å². The van der Waals surface area contributed by atoms with Crippen LogP contribution in [0.2, 0.25) is 0 Å². The Labute approximate surface area is 215 Å². The molecule has 198 valence electrons. The van der Waals surface area contributed by atoms with E-state index in [-0.39, 0.29) is 17.6 Å². The van der Waals surface area contributed by atoms with Crippen molar-refractivity contribution in [1.29, 1.82) is 0 Å². The lowest BCUT2D eigenvalue weighted by Gasteiger charge is -2.42. The summed E-state index contributed by atoms with van der Waals surface area (Å²) in [5.41, 5.74) is 4.31. The molecule has 1 heterocycles. The van der Waals surface area contributed by atoms with Gasteiger partial charge in [0, 0.05) is 17.4 Å². The maximum Gasteiger partial charge on any atom is 0.328 e. The first-order valence-electron chi connectivity index (χ1n) is 12.3. The Morgan fingerprint density at radius 3 is 2.31 bits per heavy atom. The summed E-state index contributed by atoms with van der Waals surface area (Å²) >= 11 is 0. The molecule has 0 aromatic heterocycles. The molecule has 0 bridgehead atoms. The number of nitrogens with one attached hydrogen (secondary N) is 1. The minimum atomic E-state index is -1.27. The number of rotatable bonds is 9. The fourth-order valence-corrected chi connectivity index (χ4v) is 7.07. The number of hydrogen-bond donors (Lipinski definition) is 6. The van der Waals surface area contributed by atoms with E-state index in [2.05, 4.69) is 54.9 Å². The SMILES string of the molecule is Cc1ccc([C@H]2[C@H](O)[C@H](O)[C@H](O)C[SH]2C)cc1Cc1ccc(CCCC(=O)NC(C)(C)C(=O)O)cc1. The van der Waals surface area contributed by atoms with Gasteiger partial charge >= 0.3 is 5.97 Å². The van der Waals surface area contributed by atoms with Crippen molar-refractivity contribution < 1.29 is 30.0 Å². The fraction of sp³-hybridized carbons (Fsp3) is 0.500. The van der Waals surface area contributed by atoms with E-state index in [1.54, 1.807) is 0 Å². The van der Waals surface area contributed by atoms with Crippen molar-refractivity contribution in [2.24, 2.45) is 0 Å². The van der Waals surface area contributed by atoms with Crippen LogP contribution in [0, 0.1) is 6.92 Å². The van der Waals surface area contributed by atoms with E-state index in [1.807, 2.05) is 6.07 Å². The number of benzene rings is 2. The molecule has 1 fully saturated rings. The summed E-state index contributed by atoms with van der Waals surface area (Å²) in [7, 11) is -0.662. The molecule has 0 radical (unpaired) electrons. The molecule has 7 nitrogen and oxygen atoms in total. The van der Waals surface area contributed by atoms with Crippen LogP contribution in [-0.4, -0.2) is 68.2 Å². The molecule has 3 rings (SSSR count). The van der Waals surface area contributed by atoms with E-state index in [9.17, 15) is 24.9 Å². The van der Waals surface area contributed by atoms with Crippen molar-refractivity contribution in [2.45, 2.75) is 75.6 Å². The number of carbonyl (C=O) groups is 2. The molecule has 5 atom stereocenters. The number of aliphatic hydroxyl groups is 3. The molecule has 2 aromatic rings. The van der Waals surface area contributed by atoms with E-state index in [1.165, 1.54) is 13.8 Å². The molecule has 0 saturated carbocycles. The predicted octanol–water partition coefficient (Wildman–Crippen LogP) is 2.66. The van der Waals surface area contributed by atoms with Crippen molar-refractivity contribution in [2.75, 3.05) is 12.0 Å². The summed E-state index contributed by atoms with van der Waals surface area (Å²) < 4.78 is 0. The standard InChI is InChI=1S/C28H39NO6S/c1-17-8-13-20(26-25(33)24(32)22(30)16-36(26)4)15-21(17)14-19-11-9-18(10-12-19)6-5-7-23(31)29-28(2,3)27(34)35/h8-13,15,22,24-26,30,32-33,36H,5-7,14,16H2,1-4H3,(H,29,31)(H,34,35)/t22-,24-,25-,26+/m1/s1. The Morgan fingerprint density at radius 2 is 1.67 bits per heavy atom. The van der Waals surface area contributed by atoms with Gasteiger partial charge in [-0.2, -0.15) is 0 Å². The largest absolute Gasteiger partial charge is 0.480 e. The summed E-state index contributed by atoms with van der Waals surface area (Å²) in [5, 5.41) is 42.4. The predicted molar refractivity (Wildman–Crippen MR) is 144 cm³/mol. The van der Waals surface area contributed by atoms with Crippen molar-refractivity contribution in [3.63, 3.8) is 0 Å². The number of aliphatic hydroxyl groups excluding tert-OH is 3. The average molecular weight is 518 g/mol. The third-order valence-corrected chi connectivity index (χ3v) is 9.51. The zero-order valence-corrected chi connectivity index (χ0v) is 22.3. The van der Waals surface area contributed by atoms with Crippen molar-refractivity contribution >= 4 is 22.8 Å². The van der Waals surface area contributed by atoms with Crippen LogP contribution in [0.4, 0.5) is 0 Å². The normalized spacial score (nSPS) is 25.4. The van der Waals surface area contributed by atoms with Crippen LogP contribution in [0.15, 0.2) is 42.5 Å². The minimum Gasteiger partial charge on any atom is -0.480 e. The minimum absolute atomic E-state index is 0.168. The highest BCUT2D eigenvalue weighted by Crippen LogP contribution is 2.48. The van der Waals surface area contributed by atoms with Gasteiger partial charge in [0.05, 0.1) is 12.2 Å². The van der Waals surface area contributed by atoms with Gasteiger partial charge in [0.15, 0.2) is 0 Å². The van der Waals surface area contributed by atoms with Gasteiger partial charge in [0.25, 0.3) is 0 Å². The number of hydrogen-bond acceptors (Lipinski definition) is 5. The summed E-state index contributed by atoms with van der Waals surface area (Å²) in [5.74, 6) is -0.814. The Bertz CT molecular complexity index is 1070. The van der Waals surface area contributed by atoms with E-state index < -0.39 is 40.7 Å². The maximum atomic E-state index is 12.0. The first kappa shape index (κ1) is 28.2. The topological polar surface area (TPSA) is 127 Å². The quantitative estimate of drug-likeness (QED) is 0.284. The molecule has 36 heavy (non-hydrogen) atoms. The number of aliphatic carboxylic acids is 1. The first-order chi connectivity index (χ1) is 16.9. The van der Waals surface area contributed by atoms with Crippen LogP contribution >= 0.6 is 10.9 Å². The van der Waals surface area contributed by atoms with Crippen molar-refractivity contribution in [1.82, 2.24) is 5.32 Å². The molecule has 1 aliphatic heterocycles. The maximum absolute atomic E-state index is 12.0. The Morgan fingerprint density at radius 1 is 1.03 bits per heavy atom. The molecule has 0 aliphatic carbocycles. The molecule has 8 heteroatoms. The third kappa shape index (κ3) is 6.88. The Balaban J connectivity index is 1.60. The molecule has 1 aliphatic rings. The zero-order chi connectivity index (χ0) is 26.6. The van der Waals surface area contributed by atoms with Gasteiger partial charge in [-0.25, -0.2) is 15.7 Å². The molecule has 5 N–H and O–H groups in total. The molecule has 0 spiro atoms. The van der Waals surface area contributed by atoms with Crippen molar-refractivity contribution in [3.05, 3.63) is 70.3 Å². The van der Waals surface area contributed by atoms with Crippen molar-refractivity contribution in [3.8, 4) is 0 Å². The number of amides is 1. The molecule has 1 amide bonds. The van der Waals surface area contributed by atoms with Crippen LogP contribution < -0.4 is 5.32 Å². The third-order valence-electron chi connectivity index (χ3n) is 7.01. The van der Waals surface area contributed by atoms with Gasteiger partial charge in [-0.05, 0) is 74.1 Å². The second-order valence-electron chi connectivity index (χ2n) is 10.4. The van der Waals surface area contributed by atoms with Gasteiger partial charge < -0.3 is 25.7 Å². The second-order valence-corrected chi connectivity index (χ2v) is 12.9. The van der Waals surface area contributed by atoms with Gasteiger partial charge in [-0.15, -0.1) is 0 Å². The summed E-state index contributed by atoms with van der Waals surface area (Å²) in [6, 6.07) is 14.5. The monoisotopic (exact) mass is 517 g/mol. The van der Waals surface area contributed by atoms with Gasteiger partial charge in [-0.3, -0.25) is 4.79 Å². The zero-order valence-electron chi connectivity index (χ0n) is 21.4. The number of carboxylic acids is 1. The lowest BCUT2D eigenvalue weighted by molar-refractivity contribution is -0.146. The highest BCUT2D eigenvalue weighted by Gasteiger charge is 2.40. The number of thiol groups is 1. The molecule has 1 unspecified atom stereocenters. The van der Waals surface area contributed by atoms with Gasteiger partial charge in [-0.1, -0.05) is 42.5 Å². The van der Waals surface area contributed by atoms with Crippen LogP contribution in [0.5, 0.6) is 0 Å². The number of carbonyl (C=O) groups excluding carboxylic acids is 1. The van der Waals surface area contributed by atoms with E-state index in [4.69, 9.17) is 5.11 Å². The number of aryl methyl sites for hydroxylation is 2. The van der Waals surface area contributed by atoms with E-state index in [0.717, 1.165) is 40.7 Å². The highest BCUT2D eigenvalue weighted by atomic mass is 32.2. The molecule has 2 aromatic carbocycles. The Hall–Kier alpha value is -2.39. The van der Waals surface area contributed by atoms with E-state index in [0.29, 0.717) is 12.2 Å². The highest BCUT2D eigenvalue weighted by molar-refractivity contribution is 8.16. The van der Waals surface area contributed by atoms with Crippen LogP contribution in [-0.2, 0) is 22.4 Å². The summed E-state index contributed by atoms with van der Waals surface area (Å²) in [6.45, 7) is 5.00. The smallest absolute Gasteiger partial charge is 0.328 e. The summed E-state index contributed by atoms with van der Waals surface area (Å²) in [4.78, 5) is 23.2. The number of carboxylic acid groups (broad SMARTS) is 1. The first-order valence-corrected chi connectivity index (χ1v) is 14.4. The van der Waals surface area contributed by atoms with Gasteiger partial charge in [0.2, 0.25) is 5.91 Å². The Kier molecular flexibility index (Phi) is 9.22. The van der Waals surface area contributed by atoms with Gasteiger partial charge in [0.1, 0.15) is 11.6 Å².